The Kier molecular flexibility index (Phi) is 5.83. The van der Waals surface area contributed by atoms with Gasteiger partial charge in [0.25, 0.3) is 0 Å². The molecule has 0 spiro atoms. The monoisotopic (exact) mass is 424 g/mol. The first kappa shape index (κ1) is 20.4. The van der Waals surface area contributed by atoms with E-state index >= 15 is 0 Å². The largest absolute Gasteiger partial charge is 0.497 e. The van der Waals surface area contributed by atoms with E-state index in [4.69, 9.17) is 9.47 Å². The number of cyclic esters (lactones) is 1. The van der Waals surface area contributed by atoms with Crippen LogP contribution >= 0.6 is 12.4 Å². The molecule has 28 heavy (non-hydrogen) atoms. The van der Waals surface area contributed by atoms with E-state index in [1.54, 1.807) is 60.5 Å². The normalized spacial score (nSPS) is 19.5. The lowest BCUT2D eigenvalue weighted by atomic mass is 10.1. The highest BCUT2D eigenvalue weighted by atomic mass is 35.5. The molecule has 2 heterocycles. The van der Waals surface area contributed by atoms with Gasteiger partial charge in [-0.2, -0.15) is 4.31 Å². The van der Waals surface area contributed by atoms with E-state index in [2.05, 4.69) is 0 Å². The molecular formula is C19H21ClN2O5S. The second-order valence-corrected chi connectivity index (χ2v) is 8.47. The van der Waals surface area contributed by atoms with Gasteiger partial charge in [0, 0.05) is 13.1 Å². The zero-order valence-corrected chi connectivity index (χ0v) is 16.9. The molecule has 1 atom stereocenters. The molecule has 0 saturated carbocycles. The molecule has 2 aromatic carbocycles. The third-order valence-corrected chi connectivity index (χ3v) is 6.81. The second kappa shape index (κ2) is 7.98. The fourth-order valence-electron chi connectivity index (χ4n) is 3.53. The number of ether oxygens (including phenoxy) is 2. The van der Waals surface area contributed by atoms with Crippen LogP contribution in [0, 0.1) is 0 Å². The molecular weight excluding hydrogens is 404 g/mol. The predicted octanol–water partition coefficient (Wildman–Crippen LogP) is 3.04. The van der Waals surface area contributed by atoms with Crippen molar-refractivity contribution in [3.63, 3.8) is 0 Å². The van der Waals surface area contributed by atoms with Crippen molar-refractivity contribution in [1.82, 2.24) is 4.31 Å². The Labute approximate surface area is 170 Å². The number of amides is 1. The maximum absolute atomic E-state index is 13.2. The van der Waals surface area contributed by atoms with Gasteiger partial charge in [-0.05, 0) is 42.3 Å². The van der Waals surface area contributed by atoms with E-state index in [1.165, 1.54) is 4.31 Å². The molecule has 2 aromatic rings. The predicted molar refractivity (Wildman–Crippen MR) is 107 cm³/mol. The van der Waals surface area contributed by atoms with E-state index in [1.807, 2.05) is 0 Å². The summed E-state index contributed by atoms with van der Waals surface area (Å²) in [6, 6.07) is 13.5. The van der Waals surface area contributed by atoms with Crippen LogP contribution in [-0.4, -0.2) is 45.1 Å². The van der Waals surface area contributed by atoms with Crippen LogP contribution in [0.5, 0.6) is 5.75 Å². The Balaban J connectivity index is 0.00000225. The highest BCUT2D eigenvalue weighted by Gasteiger charge is 2.39. The van der Waals surface area contributed by atoms with Gasteiger partial charge in [-0.1, -0.05) is 18.2 Å². The van der Waals surface area contributed by atoms with Crippen LogP contribution in [0.2, 0.25) is 0 Å². The van der Waals surface area contributed by atoms with Crippen LogP contribution < -0.4 is 9.64 Å². The van der Waals surface area contributed by atoms with Gasteiger partial charge in [-0.25, -0.2) is 13.2 Å². The summed E-state index contributed by atoms with van der Waals surface area (Å²) < 4.78 is 38.3. The minimum atomic E-state index is -3.66. The third-order valence-electron chi connectivity index (χ3n) is 4.95. The van der Waals surface area contributed by atoms with Crippen LogP contribution in [0.3, 0.4) is 0 Å². The lowest BCUT2D eigenvalue weighted by Crippen LogP contribution is -2.42. The minimum Gasteiger partial charge on any atom is -0.497 e. The minimum absolute atomic E-state index is 0. The number of benzene rings is 2. The number of methoxy groups -OCH3 is 1. The number of hydrogen-bond donors (Lipinski definition) is 0. The van der Waals surface area contributed by atoms with Crippen molar-refractivity contribution >= 4 is 34.2 Å². The van der Waals surface area contributed by atoms with Crippen LogP contribution in [0.25, 0.3) is 0 Å². The molecule has 0 aromatic heterocycles. The Bertz CT molecular complexity index is 968. The maximum Gasteiger partial charge on any atom is 0.414 e. The maximum atomic E-state index is 13.2. The van der Waals surface area contributed by atoms with Crippen LogP contribution in [0.1, 0.15) is 12.0 Å². The zero-order chi connectivity index (χ0) is 19.0. The molecule has 0 bridgehead atoms. The van der Waals surface area contributed by atoms with Gasteiger partial charge in [0.2, 0.25) is 10.0 Å². The number of anilines is 1. The number of carbonyl (C=O) groups excluding carboxylic acids is 1. The Hall–Kier alpha value is -2.29. The molecule has 2 aliphatic heterocycles. The second-order valence-electron chi connectivity index (χ2n) is 6.54. The molecule has 0 unspecified atom stereocenters. The molecule has 9 heteroatoms. The Morgan fingerprint density at radius 1 is 1.14 bits per heavy atom. The highest BCUT2D eigenvalue weighted by molar-refractivity contribution is 7.89. The topological polar surface area (TPSA) is 76.1 Å². The number of hydrogen-bond acceptors (Lipinski definition) is 5. The van der Waals surface area contributed by atoms with Crippen LogP contribution in [0.15, 0.2) is 53.4 Å². The number of sulfonamides is 1. The van der Waals surface area contributed by atoms with Crippen molar-refractivity contribution in [2.45, 2.75) is 23.9 Å². The summed E-state index contributed by atoms with van der Waals surface area (Å²) in [5, 5.41) is 0. The van der Waals surface area contributed by atoms with Crippen molar-refractivity contribution in [3.8, 4) is 5.75 Å². The molecule has 0 N–H and O–H groups in total. The van der Waals surface area contributed by atoms with Gasteiger partial charge in [0.15, 0.2) is 0 Å². The van der Waals surface area contributed by atoms with E-state index in [9.17, 15) is 13.2 Å². The van der Waals surface area contributed by atoms with Crippen LogP contribution in [0.4, 0.5) is 10.5 Å². The molecule has 150 valence electrons. The molecule has 7 nitrogen and oxygen atoms in total. The van der Waals surface area contributed by atoms with Gasteiger partial charge in [-0.15, -0.1) is 12.4 Å². The zero-order valence-electron chi connectivity index (χ0n) is 15.3. The fraction of sp³-hybridized carbons (Fsp3) is 0.316. The van der Waals surface area contributed by atoms with Crippen molar-refractivity contribution < 1.29 is 22.7 Å². The van der Waals surface area contributed by atoms with Crippen LogP contribution in [-0.2, 0) is 21.3 Å². The summed E-state index contributed by atoms with van der Waals surface area (Å²) in [5.74, 6) is 0.607. The first-order valence-corrected chi connectivity index (χ1v) is 10.1. The molecule has 1 saturated heterocycles. The number of carbonyl (C=O) groups is 1. The molecule has 0 radical (unpaired) electrons. The Morgan fingerprint density at radius 3 is 2.61 bits per heavy atom. The lowest BCUT2D eigenvalue weighted by Gasteiger charge is -2.32. The number of nitrogens with zero attached hydrogens (tertiary/aromatic N) is 2. The standard InChI is InChI=1S/C19H20N2O5S.ClH/c1-25-16-7-8-18-14(11-16)12-20(10-9-15-13-26-19(22)21(15)18)27(23,24)17-5-3-2-4-6-17;/h2-8,11,15H,9-10,12-13H2,1H3;1H/t15-;/m0./s1. The van der Waals surface area contributed by atoms with E-state index in [-0.39, 0.29) is 36.5 Å². The smallest absolute Gasteiger partial charge is 0.414 e. The summed E-state index contributed by atoms with van der Waals surface area (Å²) in [4.78, 5) is 14.1. The summed E-state index contributed by atoms with van der Waals surface area (Å²) >= 11 is 0. The molecule has 2 aliphatic rings. The number of fused-ring (bicyclic) bond motifs is 3. The summed E-state index contributed by atoms with van der Waals surface area (Å²) in [7, 11) is -2.11. The fourth-order valence-corrected chi connectivity index (χ4v) is 4.98. The lowest BCUT2D eigenvalue weighted by molar-refractivity contribution is 0.178. The van der Waals surface area contributed by atoms with Gasteiger partial charge in [-0.3, -0.25) is 4.90 Å². The van der Waals surface area contributed by atoms with Crippen molar-refractivity contribution in [1.29, 1.82) is 0 Å². The Morgan fingerprint density at radius 2 is 1.89 bits per heavy atom. The molecule has 1 amide bonds. The average molecular weight is 425 g/mol. The van der Waals surface area contributed by atoms with E-state index in [0.29, 0.717) is 30.0 Å². The van der Waals surface area contributed by atoms with Crippen molar-refractivity contribution in [2.75, 3.05) is 25.2 Å². The van der Waals surface area contributed by atoms with Gasteiger partial charge >= 0.3 is 6.09 Å². The summed E-state index contributed by atoms with van der Waals surface area (Å²) in [6.07, 6.45) is 0.106. The van der Waals surface area contributed by atoms with E-state index < -0.39 is 16.1 Å². The van der Waals surface area contributed by atoms with Gasteiger partial charge < -0.3 is 9.47 Å². The van der Waals surface area contributed by atoms with Crippen molar-refractivity contribution in [3.05, 3.63) is 54.1 Å². The first-order valence-electron chi connectivity index (χ1n) is 8.69. The quantitative estimate of drug-likeness (QED) is 0.756. The van der Waals surface area contributed by atoms with E-state index in [0.717, 1.165) is 0 Å². The van der Waals surface area contributed by atoms with Crippen molar-refractivity contribution in [2.24, 2.45) is 0 Å². The highest BCUT2D eigenvalue weighted by Crippen LogP contribution is 2.35. The molecule has 4 rings (SSSR count). The molecule has 1 fully saturated rings. The summed E-state index contributed by atoms with van der Waals surface area (Å²) in [6.45, 7) is 0.704. The third kappa shape index (κ3) is 3.55. The molecule has 0 aliphatic carbocycles. The van der Waals surface area contributed by atoms with Gasteiger partial charge in [0.05, 0.1) is 23.7 Å². The van der Waals surface area contributed by atoms with Gasteiger partial charge in [0.1, 0.15) is 12.4 Å². The average Bonchev–Trinajstić information content (AvgIpc) is 3.03. The SMILES string of the molecule is COc1ccc2c(c1)CN(S(=O)(=O)c1ccccc1)CC[C@H]1COC(=O)N21.Cl. The number of halogens is 1. The summed E-state index contributed by atoms with van der Waals surface area (Å²) in [5.41, 5.74) is 1.37. The first-order chi connectivity index (χ1) is 13.0. The number of rotatable bonds is 3.